The lowest BCUT2D eigenvalue weighted by Crippen LogP contribution is -1.99. The Morgan fingerprint density at radius 2 is 2.36 bits per heavy atom. The van der Waals surface area contributed by atoms with Gasteiger partial charge in [0, 0.05) is 0 Å². The fourth-order valence-corrected chi connectivity index (χ4v) is 1.56. The second-order valence-electron chi connectivity index (χ2n) is 2.76. The molecule has 0 radical (unpaired) electrons. The SMILES string of the molecule is Nc1nc2cccc(C(=O)CBr)c2o1. The Balaban J connectivity index is 2.70. The molecule has 2 N–H and O–H groups in total. The number of benzene rings is 1. The number of nitrogen functional groups attached to an aromatic ring is 1. The van der Waals surface area contributed by atoms with Gasteiger partial charge in [0.15, 0.2) is 11.4 Å². The number of nitrogens with zero attached hydrogens (tertiary/aromatic N) is 1. The minimum atomic E-state index is -0.0493. The molecular weight excluding hydrogens is 248 g/mol. The first-order valence-electron chi connectivity index (χ1n) is 3.96. The average molecular weight is 255 g/mol. The molecule has 14 heavy (non-hydrogen) atoms. The highest BCUT2D eigenvalue weighted by molar-refractivity contribution is 9.09. The lowest BCUT2D eigenvalue weighted by atomic mass is 10.1. The summed E-state index contributed by atoms with van der Waals surface area (Å²) in [5, 5.41) is 0.257. The van der Waals surface area contributed by atoms with Gasteiger partial charge in [-0.25, -0.2) is 0 Å². The van der Waals surface area contributed by atoms with Crippen molar-refractivity contribution in [3.05, 3.63) is 23.8 Å². The molecule has 0 fully saturated rings. The number of aromatic nitrogens is 1. The van der Waals surface area contributed by atoms with Gasteiger partial charge in [0.25, 0.3) is 6.01 Å². The molecule has 1 aromatic heterocycles. The second kappa shape index (κ2) is 3.42. The van der Waals surface area contributed by atoms with E-state index in [0.29, 0.717) is 16.7 Å². The van der Waals surface area contributed by atoms with E-state index in [4.69, 9.17) is 10.2 Å². The van der Waals surface area contributed by atoms with Gasteiger partial charge >= 0.3 is 0 Å². The van der Waals surface area contributed by atoms with Crippen molar-refractivity contribution in [2.45, 2.75) is 0 Å². The first kappa shape index (κ1) is 9.21. The van der Waals surface area contributed by atoms with Crippen LogP contribution in [0.3, 0.4) is 0 Å². The second-order valence-corrected chi connectivity index (χ2v) is 3.32. The van der Waals surface area contributed by atoms with Crippen LogP contribution in [0.1, 0.15) is 10.4 Å². The molecule has 72 valence electrons. The summed E-state index contributed by atoms with van der Waals surface area (Å²) in [6.07, 6.45) is 0. The molecule has 0 bridgehead atoms. The largest absolute Gasteiger partial charge is 0.423 e. The molecule has 0 aliphatic carbocycles. The standard InChI is InChI=1S/C9H7BrN2O2/c10-4-7(13)5-2-1-3-6-8(5)14-9(11)12-6/h1-3H,4H2,(H2,11,12). The number of para-hydroxylation sites is 1. The Morgan fingerprint density at radius 3 is 3.07 bits per heavy atom. The number of anilines is 1. The summed E-state index contributed by atoms with van der Waals surface area (Å²) in [5.74, 6) is -0.0493. The van der Waals surface area contributed by atoms with Crippen LogP contribution in [0.5, 0.6) is 0 Å². The van der Waals surface area contributed by atoms with Gasteiger partial charge in [-0.05, 0) is 12.1 Å². The maximum atomic E-state index is 11.5. The zero-order valence-corrected chi connectivity index (χ0v) is 8.74. The molecule has 0 amide bonds. The van der Waals surface area contributed by atoms with Crippen molar-refractivity contribution in [3.63, 3.8) is 0 Å². The van der Waals surface area contributed by atoms with Crippen LogP contribution in [0.25, 0.3) is 11.1 Å². The normalized spacial score (nSPS) is 10.6. The number of carbonyl (C=O) groups excluding carboxylic acids is 1. The average Bonchev–Trinajstić information content (AvgIpc) is 2.56. The molecule has 0 unspecified atom stereocenters. The number of rotatable bonds is 2. The molecule has 2 aromatic rings. The van der Waals surface area contributed by atoms with Crippen LogP contribution >= 0.6 is 15.9 Å². The van der Waals surface area contributed by atoms with Gasteiger partial charge in [-0.2, -0.15) is 4.98 Å². The molecule has 0 saturated heterocycles. The van der Waals surface area contributed by atoms with Crippen molar-refractivity contribution in [1.82, 2.24) is 4.98 Å². The highest BCUT2D eigenvalue weighted by Crippen LogP contribution is 2.21. The first-order chi connectivity index (χ1) is 6.72. The van der Waals surface area contributed by atoms with E-state index >= 15 is 0 Å². The topological polar surface area (TPSA) is 69.1 Å². The predicted octanol–water partition coefficient (Wildman–Crippen LogP) is 1.99. The molecule has 0 aliphatic heterocycles. The number of hydrogen-bond acceptors (Lipinski definition) is 4. The molecule has 0 saturated carbocycles. The van der Waals surface area contributed by atoms with E-state index in [-0.39, 0.29) is 17.1 Å². The Bertz CT molecular complexity index is 493. The van der Waals surface area contributed by atoms with Crippen molar-refractivity contribution in [2.75, 3.05) is 11.1 Å². The number of fused-ring (bicyclic) bond motifs is 1. The lowest BCUT2D eigenvalue weighted by Gasteiger charge is -1.95. The van der Waals surface area contributed by atoms with Gasteiger partial charge in [0.1, 0.15) is 5.52 Å². The maximum Gasteiger partial charge on any atom is 0.293 e. The Morgan fingerprint density at radius 1 is 1.57 bits per heavy atom. The van der Waals surface area contributed by atoms with Crippen molar-refractivity contribution in [1.29, 1.82) is 0 Å². The molecule has 0 spiro atoms. The Hall–Kier alpha value is -1.36. The zero-order valence-electron chi connectivity index (χ0n) is 7.16. The molecule has 1 aromatic carbocycles. The maximum absolute atomic E-state index is 11.5. The summed E-state index contributed by atoms with van der Waals surface area (Å²) in [5.41, 5.74) is 6.96. The number of hydrogen-bond donors (Lipinski definition) is 1. The van der Waals surface area contributed by atoms with Crippen LogP contribution in [0.2, 0.25) is 0 Å². The quantitative estimate of drug-likeness (QED) is 0.658. The van der Waals surface area contributed by atoms with E-state index in [1.54, 1.807) is 18.2 Å². The number of ketones is 1. The number of carbonyl (C=O) groups is 1. The van der Waals surface area contributed by atoms with Gasteiger partial charge in [-0.15, -0.1) is 0 Å². The van der Waals surface area contributed by atoms with E-state index in [9.17, 15) is 4.79 Å². The van der Waals surface area contributed by atoms with Gasteiger partial charge < -0.3 is 10.2 Å². The van der Waals surface area contributed by atoms with Gasteiger partial charge in [0.2, 0.25) is 0 Å². The number of halogens is 1. The Labute approximate surface area is 88.2 Å². The van der Waals surface area contributed by atoms with E-state index in [1.165, 1.54) is 0 Å². The summed E-state index contributed by atoms with van der Waals surface area (Å²) in [6, 6.07) is 5.27. The zero-order chi connectivity index (χ0) is 10.1. The van der Waals surface area contributed by atoms with Crippen molar-refractivity contribution in [3.8, 4) is 0 Å². The fraction of sp³-hybridized carbons (Fsp3) is 0.111. The summed E-state index contributed by atoms with van der Waals surface area (Å²) >= 11 is 3.10. The molecule has 5 heteroatoms. The number of nitrogens with two attached hydrogens (primary N) is 1. The molecule has 2 rings (SSSR count). The van der Waals surface area contributed by atoms with Crippen LogP contribution in [-0.4, -0.2) is 16.1 Å². The molecule has 0 atom stereocenters. The number of Topliss-reactive ketones (excluding diaryl/α,β-unsaturated/α-hetero) is 1. The minimum Gasteiger partial charge on any atom is -0.423 e. The molecule has 0 aliphatic rings. The van der Waals surface area contributed by atoms with Crippen molar-refractivity contribution < 1.29 is 9.21 Å². The smallest absolute Gasteiger partial charge is 0.293 e. The minimum absolute atomic E-state index is 0.0493. The third kappa shape index (κ3) is 1.39. The van der Waals surface area contributed by atoms with Gasteiger partial charge in [0.05, 0.1) is 10.9 Å². The van der Waals surface area contributed by atoms with Gasteiger partial charge in [-0.1, -0.05) is 22.0 Å². The summed E-state index contributed by atoms with van der Waals surface area (Å²) in [7, 11) is 0. The van der Waals surface area contributed by atoms with Crippen LogP contribution < -0.4 is 5.73 Å². The predicted molar refractivity (Wildman–Crippen MR) is 56.5 cm³/mol. The number of oxazole rings is 1. The fourth-order valence-electron chi connectivity index (χ4n) is 1.26. The van der Waals surface area contributed by atoms with E-state index in [1.807, 2.05) is 0 Å². The monoisotopic (exact) mass is 254 g/mol. The van der Waals surface area contributed by atoms with E-state index in [2.05, 4.69) is 20.9 Å². The summed E-state index contributed by atoms with van der Waals surface area (Å²) in [4.78, 5) is 15.4. The van der Waals surface area contributed by atoms with E-state index in [0.717, 1.165) is 0 Å². The first-order valence-corrected chi connectivity index (χ1v) is 5.08. The number of alkyl halides is 1. The molecular formula is C9H7BrN2O2. The lowest BCUT2D eigenvalue weighted by molar-refractivity contribution is 0.102. The van der Waals surface area contributed by atoms with Gasteiger partial charge in [-0.3, -0.25) is 4.79 Å². The highest BCUT2D eigenvalue weighted by Gasteiger charge is 2.13. The van der Waals surface area contributed by atoms with Crippen molar-refractivity contribution >= 4 is 38.8 Å². The van der Waals surface area contributed by atoms with Crippen molar-refractivity contribution in [2.24, 2.45) is 0 Å². The third-order valence-corrected chi connectivity index (χ3v) is 2.36. The summed E-state index contributed by atoms with van der Waals surface area (Å²) in [6.45, 7) is 0. The van der Waals surface area contributed by atoms with Crippen LogP contribution in [0.15, 0.2) is 22.6 Å². The summed E-state index contributed by atoms with van der Waals surface area (Å²) < 4.78 is 5.15. The van der Waals surface area contributed by atoms with E-state index < -0.39 is 0 Å². The molecule has 1 heterocycles. The van der Waals surface area contributed by atoms with Crippen LogP contribution in [0, 0.1) is 0 Å². The highest BCUT2D eigenvalue weighted by atomic mass is 79.9. The van der Waals surface area contributed by atoms with Crippen LogP contribution in [-0.2, 0) is 0 Å². The Kier molecular flexibility index (Phi) is 2.25. The van der Waals surface area contributed by atoms with Crippen LogP contribution in [0.4, 0.5) is 6.01 Å². The molecule has 4 nitrogen and oxygen atoms in total. The third-order valence-electron chi connectivity index (χ3n) is 1.85.